The average molecular weight is 440 g/mol. The van der Waals surface area contributed by atoms with Crippen LogP contribution in [0.1, 0.15) is 37.3 Å². The smallest absolute Gasteiger partial charge is 0.407 e. The normalized spacial score (nSPS) is 14.2. The molecule has 0 heterocycles. The van der Waals surface area contributed by atoms with Crippen LogP contribution in [-0.4, -0.2) is 53.5 Å². The molecule has 0 spiro atoms. The molecule has 2 atom stereocenters. The van der Waals surface area contributed by atoms with E-state index in [-0.39, 0.29) is 25.0 Å². The first-order chi connectivity index (χ1) is 15.3. The Balaban J connectivity index is 1.63. The summed E-state index contributed by atoms with van der Waals surface area (Å²) in [5.74, 6) is -2.17. The second-order valence-electron chi connectivity index (χ2n) is 8.18. The minimum absolute atomic E-state index is 0.0427. The molecule has 0 fully saturated rings. The van der Waals surface area contributed by atoms with Crippen molar-refractivity contribution in [2.75, 3.05) is 13.2 Å². The maximum atomic E-state index is 12.4. The summed E-state index contributed by atoms with van der Waals surface area (Å²) >= 11 is 0. The molecule has 2 aromatic carbocycles. The number of nitrogens with one attached hydrogen (secondary N) is 2. The van der Waals surface area contributed by atoms with Crippen LogP contribution in [0.15, 0.2) is 48.5 Å². The van der Waals surface area contributed by atoms with Crippen molar-refractivity contribution in [1.82, 2.24) is 10.6 Å². The molecule has 0 bridgehead atoms. The van der Waals surface area contributed by atoms with Crippen LogP contribution in [0.5, 0.6) is 0 Å². The van der Waals surface area contributed by atoms with Crippen molar-refractivity contribution in [3.63, 3.8) is 0 Å². The largest absolute Gasteiger partial charge is 0.481 e. The van der Waals surface area contributed by atoms with E-state index < -0.39 is 36.5 Å². The number of hydrogen-bond donors (Lipinski definition) is 4. The van der Waals surface area contributed by atoms with Gasteiger partial charge in [-0.25, -0.2) is 4.79 Å². The molecule has 32 heavy (non-hydrogen) atoms. The standard InChI is InChI=1S/C24H28N2O6/c1-14(2)21(27)12-25-23(30)20(11-22(28)29)26-24(31)32-13-19-17-9-5-3-7-15(17)16-8-4-6-10-18(16)19/h3-10,14,19-21,27H,11-13H2,1-2H3,(H,25,30)(H,26,31)(H,28,29). The first-order valence-corrected chi connectivity index (χ1v) is 10.6. The Bertz CT molecular complexity index is 944. The van der Waals surface area contributed by atoms with Crippen molar-refractivity contribution in [2.45, 2.75) is 38.3 Å². The van der Waals surface area contributed by atoms with Crippen LogP contribution in [0.4, 0.5) is 4.79 Å². The average Bonchev–Trinajstić information content (AvgIpc) is 3.08. The second kappa shape index (κ2) is 10.3. The highest BCUT2D eigenvalue weighted by molar-refractivity contribution is 5.89. The summed E-state index contributed by atoms with van der Waals surface area (Å²) in [4.78, 5) is 35.9. The van der Waals surface area contributed by atoms with Gasteiger partial charge >= 0.3 is 12.1 Å². The van der Waals surface area contributed by atoms with Gasteiger partial charge in [0.1, 0.15) is 12.6 Å². The zero-order valence-corrected chi connectivity index (χ0v) is 18.1. The number of rotatable bonds is 9. The van der Waals surface area contributed by atoms with Crippen LogP contribution in [0.3, 0.4) is 0 Å². The van der Waals surface area contributed by atoms with Gasteiger partial charge in [-0.15, -0.1) is 0 Å². The van der Waals surface area contributed by atoms with Crippen LogP contribution in [0, 0.1) is 5.92 Å². The molecule has 8 nitrogen and oxygen atoms in total. The number of aliphatic hydroxyl groups is 1. The highest BCUT2D eigenvalue weighted by Gasteiger charge is 2.30. The lowest BCUT2D eigenvalue weighted by atomic mass is 9.98. The van der Waals surface area contributed by atoms with Crippen molar-refractivity contribution in [3.05, 3.63) is 59.7 Å². The summed E-state index contributed by atoms with van der Waals surface area (Å²) < 4.78 is 5.39. The number of ether oxygens (including phenoxy) is 1. The van der Waals surface area contributed by atoms with Crippen LogP contribution in [0.25, 0.3) is 11.1 Å². The van der Waals surface area contributed by atoms with E-state index in [1.807, 2.05) is 48.5 Å². The number of carbonyl (C=O) groups excluding carboxylic acids is 2. The van der Waals surface area contributed by atoms with E-state index in [0.29, 0.717) is 0 Å². The Hall–Kier alpha value is -3.39. The van der Waals surface area contributed by atoms with Gasteiger partial charge in [-0.2, -0.15) is 0 Å². The molecule has 0 aliphatic heterocycles. The molecule has 4 N–H and O–H groups in total. The molecule has 1 aliphatic rings. The van der Waals surface area contributed by atoms with Crippen LogP contribution < -0.4 is 10.6 Å². The van der Waals surface area contributed by atoms with Gasteiger partial charge in [-0.1, -0.05) is 62.4 Å². The van der Waals surface area contributed by atoms with Gasteiger partial charge in [0.2, 0.25) is 5.91 Å². The molecule has 170 valence electrons. The fourth-order valence-electron chi connectivity index (χ4n) is 3.73. The molecule has 2 unspecified atom stereocenters. The first kappa shape index (κ1) is 23.3. The Morgan fingerprint density at radius 2 is 1.56 bits per heavy atom. The first-order valence-electron chi connectivity index (χ1n) is 10.6. The summed E-state index contributed by atoms with van der Waals surface area (Å²) in [6, 6.07) is 14.5. The van der Waals surface area contributed by atoms with Gasteiger partial charge in [-0.3, -0.25) is 9.59 Å². The quantitative estimate of drug-likeness (QED) is 0.475. The third-order valence-corrected chi connectivity index (χ3v) is 5.59. The van der Waals surface area contributed by atoms with Crippen molar-refractivity contribution in [3.8, 4) is 11.1 Å². The maximum absolute atomic E-state index is 12.4. The number of fused-ring (bicyclic) bond motifs is 3. The van der Waals surface area contributed by atoms with Crippen molar-refractivity contribution >= 4 is 18.0 Å². The van der Waals surface area contributed by atoms with E-state index in [1.165, 1.54) is 0 Å². The Kier molecular flexibility index (Phi) is 7.48. The SMILES string of the molecule is CC(C)C(O)CNC(=O)C(CC(=O)O)NC(=O)OCC1c2ccccc2-c2ccccc21. The molecular formula is C24H28N2O6. The van der Waals surface area contributed by atoms with Crippen molar-refractivity contribution in [2.24, 2.45) is 5.92 Å². The zero-order chi connectivity index (χ0) is 23.3. The summed E-state index contributed by atoms with van der Waals surface area (Å²) in [7, 11) is 0. The van der Waals surface area contributed by atoms with Gasteiger partial charge in [0.05, 0.1) is 12.5 Å². The van der Waals surface area contributed by atoms with Gasteiger partial charge in [-0.05, 0) is 28.2 Å². The maximum Gasteiger partial charge on any atom is 0.407 e. The van der Waals surface area contributed by atoms with E-state index >= 15 is 0 Å². The van der Waals surface area contributed by atoms with Crippen molar-refractivity contribution in [1.29, 1.82) is 0 Å². The van der Waals surface area contributed by atoms with E-state index in [1.54, 1.807) is 13.8 Å². The molecule has 0 saturated carbocycles. The Morgan fingerprint density at radius 1 is 1.00 bits per heavy atom. The summed E-state index contributed by atoms with van der Waals surface area (Å²) in [6.07, 6.45) is -2.26. The molecule has 0 radical (unpaired) electrons. The number of aliphatic hydroxyl groups excluding tert-OH is 1. The number of hydrogen-bond acceptors (Lipinski definition) is 5. The highest BCUT2D eigenvalue weighted by atomic mass is 16.5. The predicted molar refractivity (Wildman–Crippen MR) is 118 cm³/mol. The van der Waals surface area contributed by atoms with E-state index in [2.05, 4.69) is 10.6 Å². The van der Waals surface area contributed by atoms with Gasteiger partial charge in [0.15, 0.2) is 0 Å². The predicted octanol–water partition coefficient (Wildman–Crippen LogP) is 2.50. The topological polar surface area (TPSA) is 125 Å². The second-order valence-corrected chi connectivity index (χ2v) is 8.18. The third-order valence-electron chi connectivity index (χ3n) is 5.59. The zero-order valence-electron chi connectivity index (χ0n) is 18.1. The minimum atomic E-state index is -1.32. The van der Waals surface area contributed by atoms with Gasteiger partial charge in [0.25, 0.3) is 0 Å². The number of carbonyl (C=O) groups is 3. The number of alkyl carbamates (subject to hydrolysis) is 1. The van der Waals surface area contributed by atoms with Crippen LogP contribution in [0.2, 0.25) is 0 Å². The molecule has 0 saturated heterocycles. The van der Waals surface area contributed by atoms with Crippen LogP contribution >= 0.6 is 0 Å². The molecule has 2 aromatic rings. The number of carboxylic acids is 1. The molecule has 2 amide bonds. The van der Waals surface area contributed by atoms with Crippen molar-refractivity contribution < 1.29 is 29.3 Å². The Labute approximate surface area is 186 Å². The number of amides is 2. The number of aliphatic carboxylic acids is 1. The molecule has 3 rings (SSSR count). The minimum Gasteiger partial charge on any atom is -0.481 e. The lowest BCUT2D eigenvalue weighted by Crippen LogP contribution is -2.49. The third kappa shape index (κ3) is 5.45. The fourth-order valence-corrected chi connectivity index (χ4v) is 3.73. The molecule has 8 heteroatoms. The molecular weight excluding hydrogens is 412 g/mol. The van der Waals surface area contributed by atoms with Gasteiger partial charge in [0, 0.05) is 12.5 Å². The summed E-state index contributed by atoms with van der Waals surface area (Å²) in [5, 5.41) is 23.8. The highest BCUT2D eigenvalue weighted by Crippen LogP contribution is 2.44. The summed E-state index contributed by atoms with van der Waals surface area (Å²) in [5.41, 5.74) is 4.26. The van der Waals surface area contributed by atoms with E-state index in [4.69, 9.17) is 9.84 Å². The lowest BCUT2D eigenvalue weighted by Gasteiger charge is -2.20. The van der Waals surface area contributed by atoms with E-state index in [9.17, 15) is 19.5 Å². The van der Waals surface area contributed by atoms with E-state index in [0.717, 1.165) is 22.3 Å². The lowest BCUT2D eigenvalue weighted by molar-refractivity contribution is -0.139. The molecule has 1 aliphatic carbocycles. The summed E-state index contributed by atoms with van der Waals surface area (Å²) in [6.45, 7) is 3.59. The van der Waals surface area contributed by atoms with Gasteiger partial charge < -0.3 is 25.6 Å². The number of benzene rings is 2. The van der Waals surface area contributed by atoms with Crippen LogP contribution in [-0.2, 0) is 14.3 Å². The molecule has 0 aromatic heterocycles. The fraction of sp³-hybridized carbons (Fsp3) is 0.375. The number of carboxylic acid groups (broad SMARTS) is 1. The monoisotopic (exact) mass is 440 g/mol. The Morgan fingerprint density at radius 3 is 2.09 bits per heavy atom.